The lowest BCUT2D eigenvalue weighted by molar-refractivity contribution is -0.137. The standard InChI is InChI=1S/C27H26N2O3/c1-17-9-12-21(15-19(17)3)24-25(28-23-8-6-5-7-18(23)2)27(31)29(26(24)30)16-20-10-13-22(32-4)14-11-20/h5-15,28H,16H2,1-4H3. The minimum Gasteiger partial charge on any atom is -0.497 e. The summed E-state index contributed by atoms with van der Waals surface area (Å²) in [6, 6.07) is 20.9. The first kappa shape index (κ1) is 21.4. The number of carbonyl (C=O) groups excluding carboxylic acids is 2. The van der Waals surface area contributed by atoms with Crippen LogP contribution in [-0.4, -0.2) is 23.8 Å². The van der Waals surface area contributed by atoms with Gasteiger partial charge in [0.15, 0.2) is 0 Å². The number of imide groups is 1. The molecule has 0 aliphatic carbocycles. The van der Waals surface area contributed by atoms with Crippen LogP contribution in [0.15, 0.2) is 72.4 Å². The Balaban J connectivity index is 1.75. The van der Waals surface area contributed by atoms with Gasteiger partial charge in [0.05, 0.1) is 19.2 Å². The molecular formula is C27H26N2O3. The summed E-state index contributed by atoms with van der Waals surface area (Å²) < 4.78 is 5.21. The summed E-state index contributed by atoms with van der Waals surface area (Å²) in [6.45, 7) is 6.19. The predicted octanol–water partition coefficient (Wildman–Crippen LogP) is 5.01. The van der Waals surface area contributed by atoms with Gasteiger partial charge in [0, 0.05) is 5.69 Å². The zero-order valence-corrected chi connectivity index (χ0v) is 18.7. The second-order valence-electron chi connectivity index (χ2n) is 8.03. The number of hydrogen-bond donors (Lipinski definition) is 1. The van der Waals surface area contributed by atoms with E-state index in [1.165, 1.54) is 4.90 Å². The third-order valence-corrected chi connectivity index (χ3v) is 5.87. The second-order valence-corrected chi connectivity index (χ2v) is 8.03. The van der Waals surface area contributed by atoms with Gasteiger partial charge in [-0.25, -0.2) is 0 Å². The lowest BCUT2D eigenvalue weighted by Gasteiger charge is -2.16. The Hall–Kier alpha value is -3.86. The molecular weight excluding hydrogens is 400 g/mol. The number of rotatable bonds is 6. The molecule has 0 saturated heterocycles. The fourth-order valence-electron chi connectivity index (χ4n) is 3.76. The molecule has 0 saturated carbocycles. The smallest absolute Gasteiger partial charge is 0.278 e. The Bertz CT molecular complexity index is 1230. The van der Waals surface area contributed by atoms with E-state index >= 15 is 0 Å². The average molecular weight is 427 g/mol. The van der Waals surface area contributed by atoms with E-state index in [1.807, 2.05) is 87.5 Å². The van der Waals surface area contributed by atoms with Crippen molar-refractivity contribution in [3.8, 4) is 5.75 Å². The fraction of sp³-hybridized carbons (Fsp3) is 0.185. The van der Waals surface area contributed by atoms with E-state index in [9.17, 15) is 9.59 Å². The molecule has 0 radical (unpaired) electrons. The molecule has 1 aliphatic heterocycles. The Morgan fingerprint density at radius 2 is 1.53 bits per heavy atom. The number of aryl methyl sites for hydroxylation is 3. The molecule has 0 spiro atoms. The molecule has 1 N–H and O–H groups in total. The summed E-state index contributed by atoms with van der Waals surface area (Å²) in [7, 11) is 1.60. The van der Waals surface area contributed by atoms with Crippen LogP contribution in [-0.2, 0) is 16.1 Å². The van der Waals surface area contributed by atoms with Crippen LogP contribution in [0.3, 0.4) is 0 Å². The molecule has 3 aromatic carbocycles. The Morgan fingerprint density at radius 3 is 2.19 bits per heavy atom. The van der Waals surface area contributed by atoms with Gasteiger partial charge < -0.3 is 10.1 Å². The maximum Gasteiger partial charge on any atom is 0.278 e. The van der Waals surface area contributed by atoms with E-state index in [2.05, 4.69) is 5.32 Å². The van der Waals surface area contributed by atoms with Crippen LogP contribution < -0.4 is 10.1 Å². The SMILES string of the molecule is COc1ccc(CN2C(=O)C(Nc3ccccc3C)=C(c3ccc(C)c(C)c3)C2=O)cc1. The number of carbonyl (C=O) groups is 2. The van der Waals surface area contributed by atoms with Crippen molar-refractivity contribution in [1.29, 1.82) is 0 Å². The minimum atomic E-state index is -0.331. The van der Waals surface area contributed by atoms with Crippen LogP contribution in [0.25, 0.3) is 5.57 Å². The molecule has 4 rings (SSSR count). The summed E-state index contributed by atoms with van der Waals surface area (Å²) in [5.74, 6) is 0.0936. The summed E-state index contributed by atoms with van der Waals surface area (Å²) in [5.41, 5.74) is 6.29. The normalized spacial score (nSPS) is 13.7. The number of ether oxygens (including phenoxy) is 1. The highest BCUT2D eigenvalue weighted by molar-refractivity contribution is 6.36. The van der Waals surface area contributed by atoms with Crippen LogP contribution in [0.1, 0.15) is 27.8 Å². The highest BCUT2D eigenvalue weighted by atomic mass is 16.5. The van der Waals surface area contributed by atoms with Crippen molar-refractivity contribution in [3.05, 3.63) is 100 Å². The molecule has 0 atom stereocenters. The van der Waals surface area contributed by atoms with Crippen LogP contribution in [0.5, 0.6) is 5.75 Å². The quantitative estimate of drug-likeness (QED) is 0.563. The first-order valence-corrected chi connectivity index (χ1v) is 10.5. The second kappa shape index (κ2) is 8.71. The number of methoxy groups -OCH3 is 1. The lowest BCUT2D eigenvalue weighted by Crippen LogP contribution is -2.32. The van der Waals surface area contributed by atoms with Crippen molar-refractivity contribution >= 4 is 23.1 Å². The van der Waals surface area contributed by atoms with E-state index in [0.717, 1.165) is 39.3 Å². The fourth-order valence-corrected chi connectivity index (χ4v) is 3.76. The Morgan fingerprint density at radius 1 is 0.812 bits per heavy atom. The van der Waals surface area contributed by atoms with Crippen molar-refractivity contribution < 1.29 is 14.3 Å². The van der Waals surface area contributed by atoms with Gasteiger partial charge in [0.25, 0.3) is 11.8 Å². The first-order valence-electron chi connectivity index (χ1n) is 10.5. The van der Waals surface area contributed by atoms with Crippen molar-refractivity contribution in [1.82, 2.24) is 4.90 Å². The van der Waals surface area contributed by atoms with E-state index in [4.69, 9.17) is 4.74 Å². The zero-order chi connectivity index (χ0) is 22.8. The zero-order valence-electron chi connectivity index (χ0n) is 18.7. The third kappa shape index (κ3) is 4.02. The van der Waals surface area contributed by atoms with Crippen LogP contribution >= 0.6 is 0 Å². The van der Waals surface area contributed by atoms with E-state index in [0.29, 0.717) is 11.3 Å². The molecule has 1 aliphatic rings. The predicted molar refractivity (Wildman–Crippen MR) is 126 cm³/mol. The maximum absolute atomic E-state index is 13.5. The highest BCUT2D eigenvalue weighted by Gasteiger charge is 2.39. The van der Waals surface area contributed by atoms with Gasteiger partial charge in [-0.05, 0) is 66.8 Å². The number of benzene rings is 3. The molecule has 0 fully saturated rings. The molecule has 0 bridgehead atoms. The molecule has 5 heteroatoms. The number of amides is 2. The van der Waals surface area contributed by atoms with Gasteiger partial charge in [-0.15, -0.1) is 0 Å². The molecule has 3 aromatic rings. The summed E-state index contributed by atoms with van der Waals surface area (Å²) in [4.78, 5) is 28.3. The topological polar surface area (TPSA) is 58.6 Å². The first-order chi connectivity index (χ1) is 15.4. The highest BCUT2D eigenvalue weighted by Crippen LogP contribution is 2.33. The summed E-state index contributed by atoms with van der Waals surface area (Å²) in [5, 5.41) is 3.25. The molecule has 0 unspecified atom stereocenters. The van der Waals surface area contributed by atoms with Crippen LogP contribution in [0.4, 0.5) is 5.69 Å². The van der Waals surface area contributed by atoms with Crippen molar-refractivity contribution in [2.75, 3.05) is 12.4 Å². The average Bonchev–Trinajstić information content (AvgIpc) is 3.02. The molecule has 162 valence electrons. The van der Waals surface area contributed by atoms with Gasteiger partial charge in [0.2, 0.25) is 0 Å². The van der Waals surface area contributed by atoms with E-state index < -0.39 is 0 Å². The monoisotopic (exact) mass is 426 g/mol. The number of nitrogens with zero attached hydrogens (tertiary/aromatic N) is 1. The Labute approximate surface area is 188 Å². The number of para-hydroxylation sites is 1. The number of nitrogens with one attached hydrogen (secondary N) is 1. The third-order valence-electron chi connectivity index (χ3n) is 5.87. The molecule has 1 heterocycles. The van der Waals surface area contributed by atoms with Crippen molar-refractivity contribution in [3.63, 3.8) is 0 Å². The van der Waals surface area contributed by atoms with Gasteiger partial charge >= 0.3 is 0 Å². The van der Waals surface area contributed by atoms with E-state index in [-0.39, 0.29) is 18.4 Å². The van der Waals surface area contributed by atoms with Crippen molar-refractivity contribution in [2.45, 2.75) is 27.3 Å². The van der Waals surface area contributed by atoms with Gasteiger partial charge in [-0.1, -0.05) is 48.5 Å². The number of anilines is 1. The number of hydrogen-bond acceptors (Lipinski definition) is 4. The molecule has 0 aromatic heterocycles. The van der Waals surface area contributed by atoms with Gasteiger partial charge in [-0.2, -0.15) is 0 Å². The van der Waals surface area contributed by atoms with Crippen molar-refractivity contribution in [2.24, 2.45) is 0 Å². The summed E-state index contributed by atoms with van der Waals surface area (Å²) >= 11 is 0. The van der Waals surface area contributed by atoms with Gasteiger partial charge in [-0.3, -0.25) is 14.5 Å². The van der Waals surface area contributed by atoms with Gasteiger partial charge in [0.1, 0.15) is 11.4 Å². The van der Waals surface area contributed by atoms with Crippen LogP contribution in [0, 0.1) is 20.8 Å². The molecule has 5 nitrogen and oxygen atoms in total. The molecule has 32 heavy (non-hydrogen) atoms. The van der Waals surface area contributed by atoms with Crippen LogP contribution in [0.2, 0.25) is 0 Å². The maximum atomic E-state index is 13.5. The molecule has 2 amide bonds. The minimum absolute atomic E-state index is 0.189. The van der Waals surface area contributed by atoms with E-state index in [1.54, 1.807) is 7.11 Å². The largest absolute Gasteiger partial charge is 0.497 e. The Kier molecular flexibility index (Phi) is 5.82. The summed E-state index contributed by atoms with van der Waals surface area (Å²) in [6.07, 6.45) is 0. The lowest BCUT2D eigenvalue weighted by atomic mass is 9.99.